The lowest BCUT2D eigenvalue weighted by atomic mass is 10.0. The van der Waals surface area contributed by atoms with Gasteiger partial charge in [0.2, 0.25) is 0 Å². The molecule has 0 aliphatic heterocycles. The smallest absolute Gasteiger partial charge is 0.0640 e. The zero-order valence-corrected chi connectivity index (χ0v) is 79.1. The minimum absolute atomic E-state index is 1.11. The van der Waals surface area contributed by atoms with Gasteiger partial charge in [-0.25, -0.2) is 0 Å². The minimum Gasteiger partial charge on any atom is -0.310 e. The molecule has 0 atom stereocenters. The fourth-order valence-corrected chi connectivity index (χ4v) is 21.4. The van der Waals surface area contributed by atoms with Crippen LogP contribution < -0.4 is 14.7 Å². The third-order valence-electron chi connectivity index (χ3n) is 28.1. The van der Waals surface area contributed by atoms with Crippen LogP contribution in [-0.2, 0) is 0 Å². The van der Waals surface area contributed by atoms with Crippen LogP contribution >= 0.6 is 0 Å². The zero-order chi connectivity index (χ0) is 95.6. The van der Waals surface area contributed by atoms with Crippen LogP contribution in [0.15, 0.2) is 582 Å². The van der Waals surface area contributed by atoms with E-state index in [0.29, 0.717) is 0 Å². The van der Waals surface area contributed by atoms with E-state index in [1.54, 1.807) is 0 Å². The van der Waals surface area contributed by atoms with Crippen molar-refractivity contribution < 1.29 is 0 Å². The fraction of sp³-hybridized carbons (Fsp3) is 0. The molecule has 3 aromatic heterocycles. The Labute approximate surface area is 837 Å². The van der Waals surface area contributed by atoms with Gasteiger partial charge in [0, 0.05) is 110 Å². The van der Waals surface area contributed by atoms with Gasteiger partial charge in [0.25, 0.3) is 0 Å². The summed E-state index contributed by atoms with van der Waals surface area (Å²) in [5.74, 6) is 0. The third kappa shape index (κ3) is 16.3. The number of benzene rings is 24. The van der Waals surface area contributed by atoms with Crippen molar-refractivity contribution in [3.63, 3.8) is 0 Å². The van der Waals surface area contributed by atoms with Gasteiger partial charge in [-0.1, -0.05) is 437 Å². The molecule has 0 radical (unpaired) electrons. The molecule has 0 saturated heterocycles. The van der Waals surface area contributed by atoms with Gasteiger partial charge in [0.05, 0.1) is 50.2 Å². The van der Waals surface area contributed by atoms with Gasteiger partial charge in [-0.3, -0.25) is 0 Å². The van der Waals surface area contributed by atoms with Crippen LogP contribution in [0.4, 0.5) is 51.2 Å². The van der Waals surface area contributed by atoms with Gasteiger partial charge in [-0.2, -0.15) is 0 Å². The molecule has 27 aromatic rings. The number of nitrogens with zero attached hydrogens (tertiary/aromatic N) is 6. The Kier molecular flexibility index (Phi) is 23.0. The Hall–Kier alpha value is -19.1. The molecule has 0 spiro atoms. The summed E-state index contributed by atoms with van der Waals surface area (Å²) in [6.07, 6.45) is 0. The molecular weight excluding hydrogens is 1740 g/mol. The van der Waals surface area contributed by atoms with E-state index in [0.717, 1.165) is 68.2 Å². The molecular formula is C138H96N6. The van der Waals surface area contributed by atoms with Crippen LogP contribution in [0.3, 0.4) is 0 Å². The van der Waals surface area contributed by atoms with Crippen molar-refractivity contribution in [3.8, 4) is 83.8 Å². The first-order valence-corrected chi connectivity index (χ1v) is 49.3. The highest BCUT2D eigenvalue weighted by molar-refractivity contribution is 6.26. The molecule has 678 valence electrons. The largest absolute Gasteiger partial charge is 0.310 e. The summed E-state index contributed by atoms with van der Waals surface area (Å²) in [5.41, 5.74) is 35.3. The second kappa shape index (κ2) is 38.3. The number of anilines is 9. The van der Waals surface area contributed by atoms with Crippen LogP contribution in [-0.4, -0.2) is 13.7 Å². The van der Waals surface area contributed by atoms with Gasteiger partial charge >= 0.3 is 0 Å². The molecule has 6 heteroatoms. The van der Waals surface area contributed by atoms with E-state index in [1.165, 1.54) is 164 Å². The first kappa shape index (κ1) is 86.4. The highest BCUT2D eigenvalue weighted by Gasteiger charge is 2.28. The maximum absolute atomic E-state index is 2.44. The Balaban J connectivity index is 0.000000113. The van der Waals surface area contributed by atoms with Crippen molar-refractivity contribution in [1.29, 1.82) is 0 Å². The first-order chi connectivity index (χ1) is 71.5. The summed E-state index contributed by atoms with van der Waals surface area (Å²) >= 11 is 0. The van der Waals surface area contributed by atoms with Crippen molar-refractivity contribution in [3.05, 3.63) is 582 Å². The topological polar surface area (TPSA) is 24.5 Å². The number of aromatic nitrogens is 3. The maximum Gasteiger partial charge on any atom is 0.0640 e. The number of fused-ring (bicyclic) bond motifs is 15. The monoisotopic (exact) mass is 1840 g/mol. The molecule has 0 saturated carbocycles. The van der Waals surface area contributed by atoms with Crippen LogP contribution in [0, 0.1) is 0 Å². The summed E-state index contributed by atoms with van der Waals surface area (Å²) in [5, 5.41) is 14.7. The molecule has 0 amide bonds. The van der Waals surface area contributed by atoms with Gasteiger partial charge in [0.1, 0.15) is 0 Å². The van der Waals surface area contributed by atoms with E-state index in [4.69, 9.17) is 0 Å². The van der Waals surface area contributed by atoms with Crippen molar-refractivity contribution >= 4 is 149 Å². The molecule has 0 fully saturated rings. The summed E-state index contributed by atoms with van der Waals surface area (Å²) in [7, 11) is 0. The van der Waals surface area contributed by atoms with E-state index < -0.39 is 0 Å². The van der Waals surface area contributed by atoms with E-state index in [9.17, 15) is 0 Å². The lowest BCUT2D eigenvalue weighted by Gasteiger charge is -2.28. The molecule has 144 heavy (non-hydrogen) atoms. The SMILES string of the molecule is c1ccc(-c2ccc(N(c3ccc(-c4ccccc4)cc3)c3cc4c5ccccc5n(-c5ccccc5)c4c4ccccc34)cc2)cc1.c1ccc(-c2ccc(N(c3ccc(-c4ccccc4)cc3)c3cc4ccccc4c4c3c3ccccc3n4-c3ccccc3)cc2)cc1.c1ccc(-c2ccc(N(c3ccc(-c4ccccc4)cc3)c3cccc4c3ccc3c5ccccc5n(-c5ccccc5)c43)cc2)cc1. The highest BCUT2D eigenvalue weighted by atomic mass is 15.2. The Morgan fingerprint density at radius 3 is 0.715 bits per heavy atom. The quantitative estimate of drug-likeness (QED) is 0.0856. The van der Waals surface area contributed by atoms with E-state index in [1.807, 2.05) is 0 Å². The van der Waals surface area contributed by atoms with E-state index in [2.05, 4.69) is 611 Å². The molecule has 24 aromatic carbocycles. The molecule has 0 aliphatic carbocycles. The predicted molar refractivity (Wildman–Crippen MR) is 612 cm³/mol. The zero-order valence-electron chi connectivity index (χ0n) is 79.1. The Morgan fingerprint density at radius 2 is 0.354 bits per heavy atom. The minimum atomic E-state index is 1.11. The van der Waals surface area contributed by atoms with E-state index in [-0.39, 0.29) is 0 Å². The normalized spacial score (nSPS) is 11.3. The maximum atomic E-state index is 2.44. The van der Waals surface area contributed by atoms with Crippen LogP contribution in [0.25, 0.3) is 182 Å². The molecule has 27 rings (SSSR count). The second-order valence-electron chi connectivity index (χ2n) is 36.6. The Bertz CT molecular complexity index is 8960. The van der Waals surface area contributed by atoms with Gasteiger partial charge in [-0.05, 0) is 218 Å². The van der Waals surface area contributed by atoms with Crippen LogP contribution in [0.5, 0.6) is 0 Å². The molecule has 0 N–H and O–H groups in total. The first-order valence-electron chi connectivity index (χ1n) is 49.3. The second-order valence-corrected chi connectivity index (χ2v) is 36.6. The van der Waals surface area contributed by atoms with Crippen molar-refractivity contribution in [2.75, 3.05) is 14.7 Å². The van der Waals surface area contributed by atoms with Crippen LogP contribution in [0.2, 0.25) is 0 Å². The average Bonchev–Trinajstić information content (AvgIpc) is 1.56. The number of hydrogen-bond acceptors (Lipinski definition) is 3. The van der Waals surface area contributed by atoms with Gasteiger partial charge < -0.3 is 28.4 Å². The van der Waals surface area contributed by atoms with Crippen molar-refractivity contribution in [1.82, 2.24) is 13.7 Å². The number of hydrogen-bond donors (Lipinski definition) is 0. The predicted octanol–water partition coefficient (Wildman–Crippen LogP) is 38.2. The van der Waals surface area contributed by atoms with Gasteiger partial charge in [0.15, 0.2) is 0 Å². The highest BCUT2D eigenvalue weighted by Crippen LogP contribution is 2.52. The van der Waals surface area contributed by atoms with E-state index >= 15 is 0 Å². The number of rotatable bonds is 18. The molecule has 0 aliphatic rings. The van der Waals surface area contributed by atoms with Crippen molar-refractivity contribution in [2.45, 2.75) is 0 Å². The summed E-state index contributed by atoms with van der Waals surface area (Å²) in [6, 6.07) is 210. The lowest BCUT2D eigenvalue weighted by molar-refractivity contribution is 1.19. The molecule has 3 heterocycles. The molecule has 6 nitrogen and oxygen atoms in total. The Morgan fingerprint density at radius 1 is 0.125 bits per heavy atom. The molecule has 0 unspecified atom stereocenters. The lowest BCUT2D eigenvalue weighted by Crippen LogP contribution is -2.10. The van der Waals surface area contributed by atoms with Crippen molar-refractivity contribution in [2.24, 2.45) is 0 Å². The third-order valence-corrected chi connectivity index (χ3v) is 28.1. The molecule has 0 bridgehead atoms. The standard InChI is InChI=1S/3C46H32N2/c1-4-14-33(15-5-1)35-24-28-39(29-25-35)47(40-30-26-36(27-31-40)34-16-6-2-7-17-34)44-32-37-18-10-11-21-41(37)46-45(44)42-22-12-13-23-43(42)48(46)38-19-8-3-9-20-38;1-4-14-33(15-5-1)35-24-28-38(29-25-35)47(39-30-26-36(27-31-39)34-16-6-2-7-17-34)45-32-43-41-21-12-13-23-44(41)48(37-18-8-3-9-19-37)46(43)42-22-11-10-20-40(42)45;1-4-13-33(14-5-1)35-23-27-38(28-24-35)47(39-29-25-36(26-30-39)34-15-6-2-7-16-34)44-22-12-20-42-41(44)31-32-43-40-19-10-11-21-45(40)48(46(42)43)37-17-8-3-9-18-37/h3*1-32H. The fourth-order valence-electron chi connectivity index (χ4n) is 21.4. The van der Waals surface area contributed by atoms with Gasteiger partial charge in [-0.15, -0.1) is 0 Å². The van der Waals surface area contributed by atoms with Crippen LogP contribution in [0.1, 0.15) is 0 Å². The average molecular weight is 1840 g/mol. The summed E-state index contributed by atoms with van der Waals surface area (Å²) in [6.45, 7) is 0. The number of para-hydroxylation sites is 6. The summed E-state index contributed by atoms with van der Waals surface area (Å²) < 4.78 is 7.28. The summed E-state index contributed by atoms with van der Waals surface area (Å²) in [4.78, 5) is 7.24.